The van der Waals surface area contributed by atoms with Gasteiger partial charge < -0.3 is 14.8 Å². The third-order valence-electron chi connectivity index (χ3n) is 3.94. The highest BCUT2D eigenvalue weighted by Gasteiger charge is 2.21. The predicted octanol–water partition coefficient (Wildman–Crippen LogP) is 4.34. The van der Waals surface area contributed by atoms with Crippen molar-refractivity contribution in [3.63, 3.8) is 0 Å². The molecule has 0 radical (unpaired) electrons. The van der Waals surface area contributed by atoms with Crippen LogP contribution in [0.3, 0.4) is 0 Å². The van der Waals surface area contributed by atoms with E-state index in [0.717, 1.165) is 48.9 Å². The first-order chi connectivity index (χ1) is 10.9. The molecule has 0 bridgehead atoms. The van der Waals surface area contributed by atoms with Gasteiger partial charge in [0.1, 0.15) is 17.3 Å². The van der Waals surface area contributed by atoms with Gasteiger partial charge in [0.15, 0.2) is 0 Å². The lowest BCUT2D eigenvalue weighted by Gasteiger charge is -2.26. The molecule has 1 heterocycles. The molecule has 1 saturated heterocycles. The van der Waals surface area contributed by atoms with Gasteiger partial charge in [-0.1, -0.05) is 19.2 Å². The lowest BCUT2D eigenvalue weighted by atomic mass is 9.86. The number of hydrogen-bond donors (Lipinski definition) is 1. The van der Waals surface area contributed by atoms with E-state index < -0.39 is 0 Å². The molecule has 0 amide bonds. The number of nitrogens with one attached hydrogen (secondary N) is 1. The Bertz CT molecular complexity index is 536. The summed E-state index contributed by atoms with van der Waals surface area (Å²) in [6.07, 6.45) is 4.25. The fraction of sp³-hybridized carbons (Fsp3) is 0.526. The van der Waals surface area contributed by atoms with Crippen molar-refractivity contribution < 1.29 is 9.47 Å². The van der Waals surface area contributed by atoms with Crippen molar-refractivity contribution in [2.24, 2.45) is 10.9 Å². The number of rotatable bonds is 6. The van der Waals surface area contributed by atoms with E-state index in [-0.39, 0.29) is 0 Å². The zero-order valence-electron chi connectivity index (χ0n) is 15.2. The normalized spacial score (nSPS) is 18.3. The van der Waals surface area contributed by atoms with Gasteiger partial charge in [0, 0.05) is 18.9 Å². The first-order valence-corrected chi connectivity index (χ1v) is 8.07. The van der Waals surface area contributed by atoms with E-state index in [2.05, 4.69) is 43.4 Å². The molecule has 0 saturated carbocycles. The van der Waals surface area contributed by atoms with Crippen LogP contribution in [0.1, 0.15) is 40.5 Å². The van der Waals surface area contributed by atoms with Crippen LogP contribution in [0.5, 0.6) is 0 Å². The van der Waals surface area contributed by atoms with Gasteiger partial charge >= 0.3 is 0 Å². The maximum Gasteiger partial charge on any atom is 0.137 e. The van der Waals surface area contributed by atoms with Crippen LogP contribution in [-0.4, -0.2) is 26.2 Å². The molecule has 1 N–H and O–H groups in total. The topological polar surface area (TPSA) is 42.9 Å². The highest BCUT2D eigenvalue weighted by atomic mass is 16.5. The summed E-state index contributed by atoms with van der Waals surface area (Å²) >= 11 is 0. The van der Waals surface area contributed by atoms with Crippen LogP contribution in [0.2, 0.25) is 0 Å². The maximum atomic E-state index is 5.48. The molecule has 1 aliphatic rings. The quantitative estimate of drug-likeness (QED) is 0.343. The standard InChI is InChI=1S/C19H30N2O2/c1-8-18(17-9-11-23-12-10-17)14(4)19(15(5)22-7)21-16(6)20-13(2)3/h8,17H,2,5,9-12H2,1,3-4,6-7H3,(H,20,21)/b18-8+,19-14+. The number of aliphatic imine (C=N–C) groups is 1. The minimum atomic E-state index is 0.498. The van der Waals surface area contributed by atoms with Crippen LogP contribution in [-0.2, 0) is 9.47 Å². The van der Waals surface area contributed by atoms with Crippen molar-refractivity contribution in [1.29, 1.82) is 0 Å². The second-order valence-electron chi connectivity index (χ2n) is 5.83. The number of methoxy groups -OCH3 is 1. The Labute approximate surface area is 140 Å². The first kappa shape index (κ1) is 19.2. The summed E-state index contributed by atoms with van der Waals surface area (Å²) in [7, 11) is 1.62. The number of amidine groups is 1. The van der Waals surface area contributed by atoms with Gasteiger partial charge in [0.05, 0.1) is 7.11 Å². The molecule has 0 aromatic carbocycles. The molecule has 4 heteroatoms. The summed E-state index contributed by atoms with van der Waals surface area (Å²) in [6, 6.07) is 0. The average molecular weight is 318 g/mol. The Morgan fingerprint density at radius 1 is 1.22 bits per heavy atom. The second-order valence-corrected chi connectivity index (χ2v) is 5.83. The Morgan fingerprint density at radius 2 is 1.83 bits per heavy atom. The Morgan fingerprint density at radius 3 is 2.30 bits per heavy atom. The molecular weight excluding hydrogens is 288 g/mol. The van der Waals surface area contributed by atoms with E-state index in [0.29, 0.717) is 11.7 Å². The molecule has 0 spiro atoms. The number of allylic oxidation sites excluding steroid dienone is 4. The largest absolute Gasteiger partial charge is 0.495 e. The Hall–Kier alpha value is -1.81. The van der Waals surface area contributed by atoms with Crippen molar-refractivity contribution >= 4 is 5.84 Å². The number of nitrogens with zero attached hydrogens (tertiary/aromatic N) is 1. The smallest absolute Gasteiger partial charge is 0.137 e. The molecule has 1 rings (SSSR count). The number of hydrogen-bond acceptors (Lipinski definition) is 3. The van der Waals surface area contributed by atoms with Gasteiger partial charge in [0.25, 0.3) is 0 Å². The third-order valence-corrected chi connectivity index (χ3v) is 3.94. The van der Waals surface area contributed by atoms with Crippen LogP contribution in [0.15, 0.2) is 52.5 Å². The van der Waals surface area contributed by atoms with Gasteiger partial charge in [-0.2, -0.15) is 0 Å². The van der Waals surface area contributed by atoms with Crippen molar-refractivity contribution in [3.05, 3.63) is 47.5 Å². The van der Waals surface area contributed by atoms with E-state index in [4.69, 9.17) is 9.47 Å². The molecule has 1 aliphatic heterocycles. The van der Waals surface area contributed by atoms with Crippen LogP contribution >= 0.6 is 0 Å². The van der Waals surface area contributed by atoms with Crippen LogP contribution in [0, 0.1) is 5.92 Å². The van der Waals surface area contributed by atoms with E-state index in [1.54, 1.807) is 7.11 Å². The van der Waals surface area contributed by atoms with Crippen molar-refractivity contribution in [2.75, 3.05) is 20.3 Å². The lowest BCUT2D eigenvalue weighted by molar-refractivity contribution is 0.0762. The summed E-state index contributed by atoms with van der Waals surface area (Å²) in [5.74, 6) is 1.84. The second kappa shape index (κ2) is 9.36. The van der Waals surface area contributed by atoms with Gasteiger partial charge in [-0.3, -0.25) is 0 Å². The van der Waals surface area contributed by atoms with Gasteiger partial charge in [-0.25, -0.2) is 4.99 Å². The van der Waals surface area contributed by atoms with Gasteiger partial charge in [-0.05, 0) is 57.6 Å². The van der Waals surface area contributed by atoms with Crippen LogP contribution < -0.4 is 5.32 Å². The van der Waals surface area contributed by atoms with Crippen LogP contribution in [0.4, 0.5) is 0 Å². The summed E-state index contributed by atoms with van der Waals surface area (Å²) in [5, 5.41) is 3.13. The molecule has 0 aromatic rings. The summed E-state index contributed by atoms with van der Waals surface area (Å²) in [5.41, 5.74) is 4.03. The molecule has 0 unspecified atom stereocenters. The fourth-order valence-corrected chi connectivity index (χ4v) is 2.86. The zero-order chi connectivity index (χ0) is 17.4. The van der Waals surface area contributed by atoms with Crippen LogP contribution in [0.25, 0.3) is 0 Å². The van der Waals surface area contributed by atoms with E-state index in [1.807, 2.05) is 13.8 Å². The molecular formula is C19H30N2O2. The third kappa shape index (κ3) is 5.71. The van der Waals surface area contributed by atoms with E-state index in [9.17, 15) is 0 Å². The molecule has 4 nitrogen and oxygen atoms in total. The fourth-order valence-electron chi connectivity index (χ4n) is 2.86. The molecule has 128 valence electrons. The molecule has 0 aromatic heterocycles. The molecule has 0 aliphatic carbocycles. The summed E-state index contributed by atoms with van der Waals surface area (Å²) < 4.78 is 10.8. The highest BCUT2D eigenvalue weighted by molar-refractivity contribution is 5.82. The van der Waals surface area contributed by atoms with Gasteiger partial charge in [-0.15, -0.1) is 0 Å². The zero-order valence-corrected chi connectivity index (χ0v) is 15.2. The maximum absolute atomic E-state index is 5.48. The van der Waals surface area contributed by atoms with Crippen molar-refractivity contribution in [3.8, 4) is 0 Å². The van der Waals surface area contributed by atoms with E-state index >= 15 is 0 Å². The highest BCUT2D eigenvalue weighted by Crippen LogP contribution is 2.32. The number of ether oxygens (including phenoxy) is 2. The molecule has 1 fully saturated rings. The monoisotopic (exact) mass is 318 g/mol. The van der Waals surface area contributed by atoms with Crippen molar-refractivity contribution in [2.45, 2.75) is 40.5 Å². The predicted molar refractivity (Wildman–Crippen MR) is 97.2 cm³/mol. The lowest BCUT2D eigenvalue weighted by Crippen LogP contribution is -2.20. The minimum absolute atomic E-state index is 0.498. The summed E-state index contributed by atoms with van der Waals surface area (Å²) in [6.45, 7) is 17.5. The van der Waals surface area contributed by atoms with E-state index in [1.165, 1.54) is 5.57 Å². The average Bonchev–Trinajstić information content (AvgIpc) is 2.52. The minimum Gasteiger partial charge on any atom is -0.495 e. The summed E-state index contributed by atoms with van der Waals surface area (Å²) in [4.78, 5) is 4.68. The first-order valence-electron chi connectivity index (χ1n) is 8.07. The van der Waals surface area contributed by atoms with Gasteiger partial charge in [0.2, 0.25) is 0 Å². The Kier molecular flexibility index (Phi) is 7.83. The molecule has 0 atom stereocenters. The van der Waals surface area contributed by atoms with Crippen molar-refractivity contribution in [1.82, 2.24) is 5.32 Å². The Balaban J connectivity index is 3.21. The SMILES string of the molecule is C=C(C)N/C(C)=N/C(C(=C)OC)=C(C)/C(=C\C)C1CCOCC1. The molecule has 23 heavy (non-hydrogen) atoms.